The molecule has 0 bridgehead atoms. The highest BCUT2D eigenvalue weighted by atomic mass is 32.2. The van der Waals surface area contributed by atoms with Crippen molar-refractivity contribution in [3.05, 3.63) is 12.7 Å². The van der Waals surface area contributed by atoms with Gasteiger partial charge in [0.1, 0.15) is 6.61 Å². The molecule has 0 heterocycles. The van der Waals surface area contributed by atoms with E-state index in [2.05, 4.69) is 6.58 Å². The molecule has 0 atom stereocenters. The van der Waals surface area contributed by atoms with E-state index in [1.165, 1.54) is 13.0 Å². The first-order valence-corrected chi connectivity index (χ1v) is 4.23. The fourth-order valence-corrected chi connectivity index (χ4v) is 0. The van der Waals surface area contributed by atoms with Gasteiger partial charge in [-0.2, -0.15) is 8.42 Å². The molecule has 1 radical (unpaired) electrons. The average molecular weight is 167 g/mol. The van der Waals surface area contributed by atoms with Crippen LogP contribution < -0.4 is 0 Å². The molecule has 0 unspecified atom stereocenters. The Morgan fingerprint density at radius 2 is 1.80 bits per heavy atom. The summed E-state index contributed by atoms with van der Waals surface area (Å²) < 4.78 is 26.9. The van der Waals surface area contributed by atoms with E-state index in [1.54, 1.807) is 0 Å². The number of hydrogen-bond acceptors (Lipinski definition) is 2. The van der Waals surface area contributed by atoms with Crippen molar-refractivity contribution in [3.8, 4) is 0 Å². The standard InChI is InChI=1S/C3H5O.C2H6O3S/c1-2-3-4;1-2-6(3,4)5/h2H,1,3H2;2H2,1H3,(H,3,4,5). The summed E-state index contributed by atoms with van der Waals surface area (Å²) in [5.74, 6) is -0.201. The van der Waals surface area contributed by atoms with Gasteiger partial charge in [-0.25, -0.2) is 5.11 Å². The first kappa shape index (κ1) is 12.3. The van der Waals surface area contributed by atoms with Crippen LogP contribution in [0.2, 0.25) is 0 Å². The Bertz CT molecular complexity index is 158. The van der Waals surface area contributed by atoms with Gasteiger partial charge >= 0.3 is 0 Å². The van der Waals surface area contributed by atoms with Gasteiger partial charge in [0.05, 0.1) is 5.75 Å². The van der Waals surface area contributed by atoms with Crippen molar-refractivity contribution in [1.82, 2.24) is 0 Å². The van der Waals surface area contributed by atoms with E-state index in [0.29, 0.717) is 0 Å². The molecule has 0 aromatic carbocycles. The molecule has 0 aromatic rings. The van der Waals surface area contributed by atoms with Crippen LogP contribution in [0.5, 0.6) is 0 Å². The van der Waals surface area contributed by atoms with E-state index >= 15 is 0 Å². The van der Waals surface area contributed by atoms with Gasteiger partial charge in [-0.3, -0.25) is 4.55 Å². The monoisotopic (exact) mass is 167 g/mol. The zero-order valence-corrected chi connectivity index (χ0v) is 6.60. The SMILES string of the molecule is C=CC[O].CCS(=O)(=O)O. The fourth-order valence-electron chi connectivity index (χ4n) is 0. The maximum Gasteiger partial charge on any atom is 0.264 e. The van der Waals surface area contributed by atoms with Gasteiger partial charge in [-0.05, 0) is 6.92 Å². The molecule has 0 aromatic heterocycles. The summed E-state index contributed by atoms with van der Waals surface area (Å²) in [6.45, 7) is 4.37. The second-order valence-corrected chi connectivity index (χ2v) is 3.07. The highest BCUT2D eigenvalue weighted by Gasteiger charge is 1.93. The zero-order chi connectivity index (χ0) is 8.62. The van der Waals surface area contributed by atoms with Gasteiger partial charge in [0, 0.05) is 0 Å². The van der Waals surface area contributed by atoms with Crippen LogP contribution in [0.25, 0.3) is 0 Å². The Labute approximate surface area is 60.9 Å². The van der Waals surface area contributed by atoms with Crippen molar-refractivity contribution >= 4 is 10.1 Å². The molecule has 0 saturated heterocycles. The van der Waals surface area contributed by atoms with Crippen LogP contribution in [0, 0.1) is 0 Å². The van der Waals surface area contributed by atoms with Crippen LogP contribution in [0.1, 0.15) is 6.92 Å². The van der Waals surface area contributed by atoms with E-state index < -0.39 is 10.1 Å². The quantitative estimate of drug-likeness (QED) is 0.480. The van der Waals surface area contributed by atoms with Crippen LogP contribution >= 0.6 is 0 Å². The third-order valence-corrected chi connectivity index (χ3v) is 1.21. The van der Waals surface area contributed by atoms with Crippen molar-refractivity contribution < 1.29 is 18.1 Å². The normalized spacial score (nSPS) is 9.50. The van der Waals surface area contributed by atoms with Gasteiger partial charge in [0.2, 0.25) is 0 Å². The summed E-state index contributed by atoms with van der Waals surface area (Å²) in [5, 5.41) is 9.18. The van der Waals surface area contributed by atoms with Gasteiger partial charge < -0.3 is 0 Å². The predicted molar refractivity (Wildman–Crippen MR) is 37.8 cm³/mol. The summed E-state index contributed by atoms with van der Waals surface area (Å²) in [5.41, 5.74) is 0. The zero-order valence-electron chi connectivity index (χ0n) is 5.78. The average Bonchev–Trinajstić information content (AvgIpc) is 1.87. The third-order valence-electron chi connectivity index (χ3n) is 0.483. The van der Waals surface area contributed by atoms with E-state index in [-0.39, 0.29) is 12.4 Å². The van der Waals surface area contributed by atoms with Crippen molar-refractivity contribution in [2.24, 2.45) is 0 Å². The molecule has 0 fully saturated rings. The molecular weight excluding hydrogens is 156 g/mol. The Balaban J connectivity index is 0. The molecule has 1 N–H and O–H groups in total. The van der Waals surface area contributed by atoms with Crippen molar-refractivity contribution in [2.75, 3.05) is 12.4 Å². The molecule has 0 spiro atoms. The topological polar surface area (TPSA) is 74.3 Å². The van der Waals surface area contributed by atoms with E-state index in [4.69, 9.17) is 4.55 Å². The minimum absolute atomic E-state index is 0.167. The summed E-state index contributed by atoms with van der Waals surface area (Å²) >= 11 is 0. The van der Waals surface area contributed by atoms with Crippen LogP contribution in [0.15, 0.2) is 12.7 Å². The molecule has 0 rings (SSSR count). The molecule has 0 aliphatic rings. The Morgan fingerprint density at radius 1 is 1.60 bits per heavy atom. The number of rotatable bonds is 2. The third kappa shape index (κ3) is 25.5. The predicted octanol–water partition coefficient (Wildman–Crippen LogP) is 0.497. The van der Waals surface area contributed by atoms with E-state index in [1.807, 2.05) is 0 Å². The summed E-state index contributed by atoms with van der Waals surface area (Å²) in [6, 6.07) is 0. The molecule has 0 aliphatic heterocycles. The maximum absolute atomic E-state index is 9.56. The highest BCUT2D eigenvalue weighted by molar-refractivity contribution is 7.85. The largest absolute Gasteiger partial charge is 0.286 e. The summed E-state index contributed by atoms with van der Waals surface area (Å²) in [6.07, 6.45) is 1.32. The Kier molecular flexibility index (Phi) is 8.27. The van der Waals surface area contributed by atoms with Crippen LogP contribution in [0.3, 0.4) is 0 Å². The second-order valence-electron chi connectivity index (χ2n) is 1.33. The molecule has 5 heteroatoms. The first-order valence-electron chi connectivity index (χ1n) is 2.62. The minimum Gasteiger partial charge on any atom is -0.286 e. The van der Waals surface area contributed by atoms with Gasteiger partial charge in [-0.1, -0.05) is 6.08 Å². The fraction of sp³-hybridized carbons (Fsp3) is 0.600. The Hall–Kier alpha value is -0.390. The molecule has 0 saturated carbocycles. The smallest absolute Gasteiger partial charge is 0.264 e. The van der Waals surface area contributed by atoms with Gasteiger partial charge in [-0.15, -0.1) is 6.58 Å². The van der Waals surface area contributed by atoms with Crippen LogP contribution in [-0.2, 0) is 15.2 Å². The van der Waals surface area contributed by atoms with E-state index in [0.717, 1.165) is 0 Å². The van der Waals surface area contributed by atoms with Crippen molar-refractivity contribution in [3.63, 3.8) is 0 Å². The molecule has 0 amide bonds. The summed E-state index contributed by atoms with van der Waals surface area (Å²) in [7, 11) is -3.66. The minimum atomic E-state index is -3.66. The first-order chi connectivity index (χ1) is 4.47. The second kappa shape index (κ2) is 6.73. The summed E-state index contributed by atoms with van der Waals surface area (Å²) in [4.78, 5) is 0. The lowest BCUT2D eigenvalue weighted by atomic mass is 10.7. The molecule has 4 nitrogen and oxygen atoms in total. The maximum atomic E-state index is 9.56. The van der Waals surface area contributed by atoms with Crippen LogP contribution in [-0.4, -0.2) is 25.3 Å². The van der Waals surface area contributed by atoms with Crippen molar-refractivity contribution in [1.29, 1.82) is 0 Å². The lowest BCUT2D eigenvalue weighted by molar-refractivity contribution is 0.232. The highest BCUT2D eigenvalue weighted by Crippen LogP contribution is 1.74. The molecule has 0 aliphatic carbocycles. The van der Waals surface area contributed by atoms with E-state index in [9.17, 15) is 13.5 Å². The lowest BCUT2D eigenvalue weighted by Crippen LogP contribution is -1.97. The number of hydrogen-bond donors (Lipinski definition) is 1. The Morgan fingerprint density at radius 3 is 1.80 bits per heavy atom. The van der Waals surface area contributed by atoms with Crippen molar-refractivity contribution in [2.45, 2.75) is 6.92 Å². The molecule has 10 heavy (non-hydrogen) atoms. The molecule has 61 valence electrons. The molecular formula is C5H11O4S. The van der Waals surface area contributed by atoms with Gasteiger partial charge in [0.15, 0.2) is 0 Å². The van der Waals surface area contributed by atoms with Gasteiger partial charge in [0.25, 0.3) is 10.1 Å². The lowest BCUT2D eigenvalue weighted by Gasteiger charge is -1.79. The van der Waals surface area contributed by atoms with Crippen LogP contribution in [0.4, 0.5) is 0 Å².